The van der Waals surface area contributed by atoms with Crippen molar-refractivity contribution in [2.24, 2.45) is 0 Å². The molecule has 0 rings (SSSR count). The van der Waals surface area contributed by atoms with Gasteiger partial charge in [0.1, 0.15) is 0 Å². The van der Waals surface area contributed by atoms with Gasteiger partial charge in [0.2, 0.25) is 0 Å². The van der Waals surface area contributed by atoms with Gasteiger partial charge in [-0.1, -0.05) is 37.3 Å². The second-order valence-electron chi connectivity index (χ2n) is 2.64. The van der Waals surface area contributed by atoms with Crippen molar-refractivity contribution in [1.29, 1.82) is 0 Å². The summed E-state index contributed by atoms with van der Waals surface area (Å²) in [5.74, 6) is 0. The Bertz CT molecular complexity index is 231. The molecule has 0 fully saturated rings. The minimum absolute atomic E-state index is 0.339. The molecule has 74 valence electrons. The molecule has 3 heteroatoms. The van der Waals surface area contributed by atoms with Gasteiger partial charge in [-0.15, -0.1) is 0 Å². The quantitative estimate of drug-likeness (QED) is 0.589. The maximum atomic E-state index is 12.3. The molecular weight excluding hydrogens is 177 g/mol. The summed E-state index contributed by atoms with van der Waals surface area (Å²) in [6.45, 7) is 6.50. The summed E-state index contributed by atoms with van der Waals surface area (Å²) >= 11 is 0. The number of hydrogen-bond donors (Lipinski definition) is 0. The summed E-state index contributed by atoms with van der Waals surface area (Å²) in [4.78, 5) is 0. The van der Waals surface area contributed by atoms with Crippen LogP contribution in [0.3, 0.4) is 0 Å². The number of halogens is 3. The third-order valence-electron chi connectivity index (χ3n) is 1.69. The Morgan fingerprint density at radius 1 is 1.38 bits per heavy atom. The van der Waals surface area contributed by atoms with Crippen LogP contribution in [-0.2, 0) is 0 Å². The van der Waals surface area contributed by atoms with E-state index in [1.807, 2.05) is 0 Å². The molecule has 0 saturated heterocycles. The van der Waals surface area contributed by atoms with E-state index in [0.29, 0.717) is 12.0 Å². The lowest BCUT2D eigenvalue weighted by molar-refractivity contribution is -0.0890. The SMILES string of the molecule is C=C/C=C\C(=C(\C)CC)C(F)(F)F. The van der Waals surface area contributed by atoms with Crippen molar-refractivity contribution >= 4 is 0 Å². The first-order valence-electron chi connectivity index (χ1n) is 3.99. The molecule has 0 aromatic rings. The molecule has 0 aromatic carbocycles. The van der Waals surface area contributed by atoms with Crippen molar-refractivity contribution in [3.05, 3.63) is 36.0 Å². The Hall–Kier alpha value is -0.990. The molecule has 0 atom stereocenters. The van der Waals surface area contributed by atoms with Gasteiger partial charge in [0.05, 0.1) is 5.57 Å². The normalized spacial score (nSPS) is 14.5. The third kappa shape index (κ3) is 3.97. The van der Waals surface area contributed by atoms with E-state index in [9.17, 15) is 13.2 Å². The molecule has 0 unspecified atom stereocenters. The monoisotopic (exact) mass is 190 g/mol. The molecule has 0 bridgehead atoms. The average Bonchev–Trinajstić information content (AvgIpc) is 2.02. The number of allylic oxidation sites excluding steroid dienone is 5. The molecule has 0 N–H and O–H groups in total. The minimum Gasteiger partial charge on any atom is -0.166 e. The Balaban J connectivity index is 4.98. The maximum Gasteiger partial charge on any atom is 0.416 e. The topological polar surface area (TPSA) is 0 Å². The lowest BCUT2D eigenvalue weighted by atomic mass is 10.1. The van der Waals surface area contributed by atoms with Gasteiger partial charge < -0.3 is 0 Å². The van der Waals surface area contributed by atoms with Crippen LogP contribution in [0, 0.1) is 0 Å². The lowest BCUT2D eigenvalue weighted by Gasteiger charge is -2.10. The summed E-state index contributed by atoms with van der Waals surface area (Å²) in [7, 11) is 0. The van der Waals surface area contributed by atoms with Crippen molar-refractivity contribution in [3.8, 4) is 0 Å². The fourth-order valence-electron chi connectivity index (χ4n) is 0.833. The highest BCUT2D eigenvalue weighted by atomic mass is 19.4. The van der Waals surface area contributed by atoms with Gasteiger partial charge in [0.15, 0.2) is 0 Å². The fraction of sp³-hybridized carbons (Fsp3) is 0.400. The summed E-state index contributed by atoms with van der Waals surface area (Å²) in [6.07, 6.45) is -0.196. The molecule has 0 heterocycles. The van der Waals surface area contributed by atoms with E-state index in [2.05, 4.69) is 6.58 Å². The molecule has 0 nitrogen and oxygen atoms in total. The highest BCUT2D eigenvalue weighted by Crippen LogP contribution is 2.30. The zero-order valence-electron chi connectivity index (χ0n) is 7.78. The third-order valence-corrected chi connectivity index (χ3v) is 1.69. The first-order valence-corrected chi connectivity index (χ1v) is 3.99. The van der Waals surface area contributed by atoms with Crippen LogP contribution in [0.15, 0.2) is 36.0 Å². The highest BCUT2D eigenvalue weighted by molar-refractivity contribution is 5.30. The fourth-order valence-corrected chi connectivity index (χ4v) is 0.833. The first-order chi connectivity index (χ1) is 5.93. The van der Waals surface area contributed by atoms with Crippen LogP contribution in [0.25, 0.3) is 0 Å². The summed E-state index contributed by atoms with van der Waals surface area (Å²) in [6, 6.07) is 0. The molecule has 0 aliphatic rings. The Morgan fingerprint density at radius 2 is 1.92 bits per heavy atom. The van der Waals surface area contributed by atoms with Gasteiger partial charge in [0.25, 0.3) is 0 Å². The van der Waals surface area contributed by atoms with E-state index in [0.717, 1.165) is 6.08 Å². The van der Waals surface area contributed by atoms with E-state index in [1.165, 1.54) is 19.1 Å². The standard InChI is InChI=1S/C10H13F3/c1-4-6-7-9(8(3)5-2)10(11,12)13/h4,6-7H,1,5H2,2-3H3/b7-6-,9-8+. The average molecular weight is 190 g/mol. The summed E-state index contributed by atoms with van der Waals surface area (Å²) < 4.78 is 37.0. The van der Waals surface area contributed by atoms with Gasteiger partial charge in [-0.3, -0.25) is 0 Å². The highest BCUT2D eigenvalue weighted by Gasteiger charge is 2.32. The predicted molar refractivity (Wildman–Crippen MR) is 48.4 cm³/mol. The van der Waals surface area contributed by atoms with Crippen molar-refractivity contribution in [2.45, 2.75) is 26.4 Å². The Morgan fingerprint density at radius 3 is 2.23 bits per heavy atom. The minimum atomic E-state index is -4.26. The summed E-state index contributed by atoms with van der Waals surface area (Å²) in [5.41, 5.74) is -0.236. The van der Waals surface area contributed by atoms with Crippen LogP contribution in [0.1, 0.15) is 20.3 Å². The molecule has 0 aromatic heterocycles. The van der Waals surface area contributed by atoms with Crippen LogP contribution < -0.4 is 0 Å². The van der Waals surface area contributed by atoms with Crippen molar-refractivity contribution < 1.29 is 13.2 Å². The second kappa shape index (κ2) is 4.90. The molecule has 0 radical (unpaired) electrons. The Labute approximate surface area is 76.5 Å². The van der Waals surface area contributed by atoms with Crippen LogP contribution >= 0.6 is 0 Å². The lowest BCUT2D eigenvalue weighted by Crippen LogP contribution is -2.11. The number of rotatable bonds is 3. The predicted octanol–water partition coefficient (Wildman–Crippen LogP) is 4.02. The molecule has 0 spiro atoms. The van der Waals surface area contributed by atoms with Crippen molar-refractivity contribution in [2.75, 3.05) is 0 Å². The van der Waals surface area contributed by atoms with E-state index in [4.69, 9.17) is 0 Å². The first kappa shape index (κ1) is 12.0. The van der Waals surface area contributed by atoms with Crippen LogP contribution in [0.4, 0.5) is 13.2 Å². The number of alkyl halides is 3. The van der Waals surface area contributed by atoms with Gasteiger partial charge >= 0.3 is 6.18 Å². The second-order valence-corrected chi connectivity index (χ2v) is 2.64. The Kier molecular flexibility index (Phi) is 4.52. The van der Waals surface area contributed by atoms with E-state index < -0.39 is 11.7 Å². The van der Waals surface area contributed by atoms with Crippen molar-refractivity contribution in [1.82, 2.24) is 0 Å². The van der Waals surface area contributed by atoms with E-state index >= 15 is 0 Å². The largest absolute Gasteiger partial charge is 0.416 e. The van der Waals surface area contributed by atoms with E-state index in [-0.39, 0.29) is 0 Å². The van der Waals surface area contributed by atoms with Crippen LogP contribution in [0.5, 0.6) is 0 Å². The molecule has 0 aliphatic heterocycles. The van der Waals surface area contributed by atoms with E-state index in [1.54, 1.807) is 6.92 Å². The van der Waals surface area contributed by atoms with Crippen LogP contribution in [-0.4, -0.2) is 6.18 Å². The van der Waals surface area contributed by atoms with Crippen molar-refractivity contribution in [3.63, 3.8) is 0 Å². The molecule has 0 aliphatic carbocycles. The van der Waals surface area contributed by atoms with Crippen LogP contribution in [0.2, 0.25) is 0 Å². The summed E-state index contributed by atoms with van der Waals surface area (Å²) in [5, 5.41) is 0. The van der Waals surface area contributed by atoms with Gasteiger partial charge in [-0.2, -0.15) is 13.2 Å². The maximum absolute atomic E-state index is 12.3. The molecular formula is C10H13F3. The van der Waals surface area contributed by atoms with Gasteiger partial charge in [0, 0.05) is 0 Å². The van der Waals surface area contributed by atoms with Gasteiger partial charge in [-0.05, 0) is 13.3 Å². The smallest absolute Gasteiger partial charge is 0.166 e. The zero-order chi connectivity index (χ0) is 10.5. The zero-order valence-corrected chi connectivity index (χ0v) is 7.78. The van der Waals surface area contributed by atoms with Gasteiger partial charge in [-0.25, -0.2) is 0 Å². The molecule has 0 amide bonds. The molecule has 0 saturated carbocycles. The number of hydrogen-bond acceptors (Lipinski definition) is 0. The molecule has 13 heavy (non-hydrogen) atoms.